The first kappa shape index (κ1) is 21.6. The van der Waals surface area contributed by atoms with Crippen molar-refractivity contribution in [3.63, 3.8) is 0 Å². The average molecular weight is 414 g/mol. The molecule has 1 aliphatic rings. The van der Waals surface area contributed by atoms with Gasteiger partial charge in [0.25, 0.3) is 0 Å². The van der Waals surface area contributed by atoms with E-state index < -0.39 is 18.0 Å². The Morgan fingerprint density at radius 3 is 2.19 bits per heavy atom. The lowest BCUT2D eigenvalue weighted by atomic mass is 10.0. The molecule has 0 fully saturated rings. The molecule has 0 aromatic heterocycles. The molecule has 6 nitrogen and oxygen atoms in total. The van der Waals surface area contributed by atoms with Gasteiger partial charge in [-0.15, -0.1) is 0 Å². The summed E-state index contributed by atoms with van der Waals surface area (Å²) in [6.07, 6.45) is 1.90. The van der Waals surface area contributed by atoms with E-state index in [-0.39, 0.29) is 11.1 Å². The first-order valence-corrected chi connectivity index (χ1v) is 10.00. The number of hydrogen-bond acceptors (Lipinski definition) is 5. The van der Waals surface area contributed by atoms with Crippen LogP contribution < -0.4 is 4.90 Å². The molecular formula is C25H22N2O4. The summed E-state index contributed by atoms with van der Waals surface area (Å²) in [5, 5.41) is 19.1. The fourth-order valence-electron chi connectivity index (χ4n) is 3.56. The third-order valence-electron chi connectivity index (χ3n) is 4.89. The molecule has 0 unspecified atom stereocenters. The quantitative estimate of drug-likeness (QED) is 0.450. The first-order chi connectivity index (χ1) is 15.1. The Hall–Kier alpha value is -4.11. The summed E-state index contributed by atoms with van der Waals surface area (Å²) in [6, 6.07) is 20.6. The van der Waals surface area contributed by atoms with Crippen molar-refractivity contribution in [1.29, 1.82) is 5.26 Å². The van der Waals surface area contributed by atoms with Crippen molar-refractivity contribution < 1.29 is 19.4 Å². The van der Waals surface area contributed by atoms with Crippen molar-refractivity contribution >= 4 is 23.3 Å². The molecule has 1 N–H and O–H groups in total. The van der Waals surface area contributed by atoms with E-state index in [1.54, 1.807) is 18.2 Å². The van der Waals surface area contributed by atoms with Crippen molar-refractivity contribution in [2.75, 3.05) is 4.90 Å². The van der Waals surface area contributed by atoms with E-state index in [1.165, 1.54) is 17.0 Å². The van der Waals surface area contributed by atoms with Crippen molar-refractivity contribution in [1.82, 2.24) is 0 Å². The van der Waals surface area contributed by atoms with Gasteiger partial charge >= 0.3 is 11.9 Å². The predicted octanol–water partition coefficient (Wildman–Crippen LogP) is 5.48. The molecule has 0 saturated carbocycles. The minimum atomic E-state index is -1.19. The zero-order chi connectivity index (χ0) is 22.4. The number of nitrogens with zero attached hydrogens (tertiary/aromatic N) is 2. The summed E-state index contributed by atoms with van der Waals surface area (Å²) < 4.78 is 5.79. The van der Waals surface area contributed by atoms with Crippen LogP contribution in [0.15, 0.2) is 72.8 Å². The number of carbonyl (C=O) groups excluding carboxylic acids is 1. The molecule has 0 radical (unpaired) electrons. The summed E-state index contributed by atoms with van der Waals surface area (Å²) in [5.74, 6) is -1.91. The molecule has 1 atom stereocenters. The second-order valence-corrected chi connectivity index (χ2v) is 6.57. The van der Waals surface area contributed by atoms with Crippen molar-refractivity contribution in [2.24, 2.45) is 0 Å². The normalized spacial score (nSPS) is 14.0. The SMILES string of the molecule is CC.N#CN1c2ccccc2C[C@H](OC(=O)c2ccccc2C(=O)O)c2ccccc21. The molecule has 0 bridgehead atoms. The Labute approximate surface area is 180 Å². The molecule has 4 rings (SSSR count). The summed E-state index contributed by atoms with van der Waals surface area (Å²) in [6.45, 7) is 4.00. The van der Waals surface area contributed by atoms with Crippen LogP contribution in [0.25, 0.3) is 0 Å². The molecule has 0 aliphatic carbocycles. The number of fused-ring (bicyclic) bond motifs is 2. The summed E-state index contributed by atoms with van der Waals surface area (Å²) in [5.41, 5.74) is 2.78. The molecule has 3 aromatic carbocycles. The highest BCUT2D eigenvalue weighted by Gasteiger charge is 2.30. The van der Waals surface area contributed by atoms with Crippen LogP contribution in [0.1, 0.15) is 51.8 Å². The number of nitriles is 1. The van der Waals surface area contributed by atoms with Crippen LogP contribution in [0.4, 0.5) is 11.4 Å². The number of esters is 1. The van der Waals surface area contributed by atoms with E-state index in [1.807, 2.05) is 56.3 Å². The van der Waals surface area contributed by atoms with E-state index in [9.17, 15) is 20.0 Å². The Bertz CT molecular complexity index is 1150. The monoisotopic (exact) mass is 414 g/mol. The van der Waals surface area contributed by atoms with Gasteiger partial charge in [-0.3, -0.25) is 0 Å². The van der Waals surface area contributed by atoms with E-state index >= 15 is 0 Å². The van der Waals surface area contributed by atoms with Crippen LogP contribution in [0.3, 0.4) is 0 Å². The molecule has 0 saturated heterocycles. The molecule has 156 valence electrons. The van der Waals surface area contributed by atoms with Crippen LogP contribution in [0.2, 0.25) is 0 Å². The van der Waals surface area contributed by atoms with Crippen LogP contribution in [-0.2, 0) is 11.2 Å². The smallest absolute Gasteiger partial charge is 0.339 e. The second-order valence-electron chi connectivity index (χ2n) is 6.57. The lowest BCUT2D eigenvalue weighted by Crippen LogP contribution is -2.17. The number of anilines is 2. The maximum absolute atomic E-state index is 12.9. The van der Waals surface area contributed by atoms with Gasteiger partial charge in [-0.2, -0.15) is 5.26 Å². The zero-order valence-electron chi connectivity index (χ0n) is 17.3. The standard InChI is InChI=1S/C23H16N2O4.C2H6/c24-14-25-19-11-5-1-7-15(19)13-21(18-10-4-6-12-20(18)25)29-23(28)17-9-3-2-8-16(17)22(26)27;1-2/h1-12,21H,13H2,(H,26,27);1-2H3/t21-;/m0./s1. The van der Waals surface area contributed by atoms with E-state index in [4.69, 9.17) is 4.74 Å². The minimum Gasteiger partial charge on any atom is -0.478 e. The first-order valence-electron chi connectivity index (χ1n) is 10.00. The predicted molar refractivity (Wildman–Crippen MR) is 117 cm³/mol. The zero-order valence-corrected chi connectivity index (χ0v) is 17.3. The number of hydrogen-bond donors (Lipinski definition) is 1. The molecule has 3 aromatic rings. The lowest BCUT2D eigenvalue weighted by Gasteiger charge is -2.20. The fraction of sp³-hybridized carbons (Fsp3) is 0.160. The Balaban J connectivity index is 0.00000132. The number of ether oxygens (including phenoxy) is 1. The Kier molecular flexibility index (Phi) is 6.68. The highest BCUT2D eigenvalue weighted by atomic mass is 16.5. The number of benzene rings is 3. The third-order valence-corrected chi connectivity index (χ3v) is 4.89. The molecular weight excluding hydrogens is 392 g/mol. The Morgan fingerprint density at radius 1 is 0.935 bits per heavy atom. The highest BCUT2D eigenvalue weighted by Crippen LogP contribution is 2.41. The fourth-order valence-corrected chi connectivity index (χ4v) is 3.56. The number of rotatable bonds is 3. The minimum absolute atomic E-state index is 0.00727. The van der Waals surface area contributed by atoms with Gasteiger partial charge in [0.1, 0.15) is 6.10 Å². The van der Waals surface area contributed by atoms with Crippen LogP contribution in [-0.4, -0.2) is 17.0 Å². The average Bonchev–Trinajstić information content (AvgIpc) is 2.94. The van der Waals surface area contributed by atoms with E-state index in [2.05, 4.69) is 6.19 Å². The van der Waals surface area contributed by atoms with Gasteiger partial charge in [0.15, 0.2) is 6.19 Å². The van der Waals surface area contributed by atoms with Gasteiger partial charge in [-0.05, 0) is 29.8 Å². The van der Waals surface area contributed by atoms with Crippen molar-refractivity contribution in [3.8, 4) is 6.19 Å². The largest absolute Gasteiger partial charge is 0.478 e. The molecule has 0 amide bonds. The van der Waals surface area contributed by atoms with Crippen LogP contribution in [0, 0.1) is 11.5 Å². The van der Waals surface area contributed by atoms with Crippen molar-refractivity contribution in [2.45, 2.75) is 26.4 Å². The molecule has 6 heteroatoms. The highest BCUT2D eigenvalue weighted by molar-refractivity contribution is 6.02. The van der Waals surface area contributed by atoms with Crippen LogP contribution >= 0.6 is 0 Å². The van der Waals surface area contributed by atoms with Gasteiger partial charge in [-0.25, -0.2) is 14.5 Å². The molecule has 0 spiro atoms. The Morgan fingerprint density at radius 2 is 1.52 bits per heavy atom. The van der Waals surface area contributed by atoms with Gasteiger partial charge < -0.3 is 9.84 Å². The number of aromatic carboxylic acids is 1. The van der Waals surface area contributed by atoms with Gasteiger partial charge in [-0.1, -0.05) is 62.4 Å². The third kappa shape index (κ3) is 4.26. The van der Waals surface area contributed by atoms with E-state index in [0.29, 0.717) is 17.7 Å². The molecule has 1 heterocycles. The topological polar surface area (TPSA) is 90.6 Å². The molecule has 1 aliphatic heterocycles. The lowest BCUT2D eigenvalue weighted by molar-refractivity contribution is 0.0295. The number of carboxylic acid groups (broad SMARTS) is 1. The van der Waals surface area contributed by atoms with E-state index in [0.717, 1.165) is 11.3 Å². The van der Waals surface area contributed by atoms with Gasteiger partial charge in [0.2, 0.25) is 0 Å². The van der Waals surface area contributed by atoms with Gasteiger partial charge in [0.05, 0.1) is 22.5 Å². The summed E-state index contributed by atoms with van der Waals surface area (Å²) in [4.78, 5) is 25.8. The van der Waals surface area contributed by atoms with Gasteiger partial charge in [0, 0.05) is 12.0 Å². The number of carboxylic acids is 1. The maximum Gasteiger partial charge on any atom is 0.339 e. The summed E-state index contributed by atoms with van der Waals surface area (Å²) >= 11 is 0. The number of para-hydroxylation sites is 2. The molecule has 31 heavy (non-hydrogen) atoms. The van der Waals surface area contributed by atoms with Crippen molar-refractivity contribution in [3.05, 3.63) is 95.1 Å². The number of carbonyl (C=O) groups is 2. The maximum atomic E-state index is 12.9. The summed E-state index contributed by atoms with van der Waals surface area (Å²) in [7, 11) is 0. The second kappa shape index (κ2) is 9.59. The van der Waals surface area contributed by atoms with Crippen LogP contribution in [0.5, 0.6) is 0 Å².